The smallest absolute Gasteiger partial charge is 0.261 e. The lowest BCUT2D eigenvalue weighted by molar-refractivity contribution is -0.124. The molecule has 0 saturated carbocycles. The molecule has 2 atom stereocenters. The fourth-order valence-electron chi connectivity index (χ4n) is 6.93. The van der Waals surface area contributed by atoms with Crippen LogP contribution < -0.4 is 9.47 Å². The lowest BCUT2D eigenvalue weighted by Crippen LogP contribution is -2.34. The summed E-state index contributed by atoms with van der Waals surface area (Å²) in [5.41, 5.74) is 2.72. The zero-order valence-electron chi connectivity index (χ0n) is 30.0. The first-order valence-corrected chi connectivity index (χ1v) is 21.2. The van der Waals surface area contributed by atoms with E-state index in [0.29, 0.717) is 36.1 Å². The number of amides is 2. The van der Waals surface area contributed by atoms with Crippen molar-refractivity contribution in [3.05, 3.63) is 69.4 Å². The first-order valence-electron chi connectivity index (χ1n) is 18.0. The molecule has 2 unspecified atom stereocenters. The average molecular weight is 749 g/mol. The van der Waals surface area contributed by atoms with Crippen molar-refractivity contribution in [3.63, 3.8) is 0 Å². The van der Waals surface area contributed by atoms with Crippen molar-refractivity contribution in [2.75, 3.05) is 27.3 Å². The zero-order chi connectivity index (χ0) is 35.4. The third-order valence-electron chi connectivity index (χ3n) is 9.88. The Morgan fingerprint density at radius 1 is 0.540 bits per heavy atom. The molecule has 2 aliphatic heterocycles. The van der Waals surface area contributed by atoms with Gasteiger partial charge in [-0.25, -0.2) is 0 Å². The summed E-state index contributed by atoms with van der Waals surface area (Å²) < 4.78 is 11.0. The molecular formula is C40H48N2O4S4. The van der Waals surface area contributed by atoms with Crippen LogP contribution in [0, 0.1) is 11.8 Å². The number of rotatable bonds is 18. The van der Waals surface area contributed by atoms with Crippen molar-refractivity contribution in [3.8, 4) is 29.6 Å². The number of hydrogen-bond donors (Lipinski definition) is 0. The summed E-state index contributed by atoms with van der Waals surface area (Å²) in [5, 5.41) is 1.72. The van der Waals surface area contributed by atoms with Crippen LogP contribution in [0.25, 0.3) is 30.9 Å². The SMILES string of the molecule is CCCCC(CC)CN1C(=O)C2=C(c3ccc(-c4ccc(OC)s4)s3)N(CC(CC)CCCC)C(=O)C2=C1c1ccc(-c2ccc(OC)s2)s1. The number of unbranched alkanes of at least 4 members (excludes halogenated alkanes) is 2. The molecular weight excluding hydrogens is 701 g/mol. The van der Waals surface area contributed by atoms with Gasteiger partial charge < -0.3 is 19.3 Å². The molecule has 2 aliphatic rings. The third-order valence-corrected chi connectivity index (χ3v) is 14.5. The third kappa shape index (κ3) is 7.27. The lowest BCUT2D eigenvalue weighted by atomic mass is 9.98. The molecule has 50 heavy (non-hydrogen) atoms. The summed E-state index contributed by atoms with van der Waals surface area (Å²) in [7, 11) is 3.38. The van der Waals surface area contributed by atoms with E-state index in [0.717, 1.165) is 102 Å². The van der Waals surface area contributed by atoms with Crippen molar-refractivity contribution in [2.45, 2.75) is 79.1 Å². The van der Waals surface area contributed by atoms with Crippen molar-refractivity contribution < 1.29 is 19.1 Å². The second-order valence-electron chi connectivity index (χ2n) is 13.1. The zero-order valence-corrected chi connectivity index (χ0v) is 33.3. The number of ether oxygens (including phenoxy) is 2. The number of nitrogens with zero attached hydrogens (tertiary/aromatic N) is 2. The van der Waals surface area contributed by atoms with Gasteiger partial charge in [0.1, 0.15) is 0 Å². The van der Waals surface area contributed by atoms with Gasteiger partial charge in [-0.3, -0.25) is 9.59 Å². The van der Waals surface area contributed by atoms with Crippen molar-refractivity contribution >= 4 is 68.6 Å². The van der Waals surface area contributed by atoms with E-state index in [1.165, 1.54) is 0 Å². The molecule has 0 fully saturated rings. The number of carbonyl (C=O) groups excluding carboxylic acids is 2. The Bertz CT molecular complexity index is 1740. The molecule has 4 aromatic heterocycles. The predicted molar refractivity (Wildman–Crippen MR) is 212 cm³/mol. The lowest BCUT2D eigenvalue weighted by Gasteiger charge is -2.29. The van der Waals surface area contributed by atoms with Gasteiger partial charge in [0.15, 0.2) is 10.1 Å². The van der Waals surface area contributed by atoms with Gasteiger partial charge in [0, 0.05) is 32.6 Å². The number of fused-ring (bicyclic) bond motifs is 1. The van der Waals surface area contributed by atoms with Crippen molar-refractivity contribution in [1.82, 2.24) is 9.80 Å². The highest BCUT2D eigenvalue weighted by Crippen LogP contribution is 2.51. The van der Waals surface area contributed by atoms with Gasteiger partial charge >= 0.3 is 0 Å². The van der Waals surface area contributed by atoms with E-state index in [2.05, 4.69) is 64.1 Å². The molecule has 266 valence electrons. The number of thiophene rings is 4. The van der Waals surface area contributed by atoms with Crippen LogP contribution in [-0.2, 0) is 9.59 Å². The minimum atomic E-state index is -0.0436. The topological polar surface area (TPSA) is 59.1 Å². The summed E-state index contributed by atoms with van der Waals surface area (Å²) in [6, 6.07) is 16.6. The van der Waals surface area contributed by atoms with Gasteiger partial charge in [0.05, 0.1) is 46.5 Å². The van der Waals surface area contributed by atoms with Gasteiger partial charge in [0.25, 0.3) is 11.8 Å². The van der Waals surface area contributed by atoms with Gasteiger partial charge in [0.2, 0.25) is 0 Å². The van der Waals surface area contributed by atoms with Gasteiger partial charge in [-0.15, -0.1) is 22.7 Å². The van der Waals surface area contributed by atoms with Crippen LogP contribution in [0.4, 0.5) is 0 Å². The maximum atomic E-state index is 15.0. The maximum Gasteiger partial charge on any atom is 0.261 e. The minimum absolute atomic E-state index is 0.0436. The molecule has 10 heteroatoms. The van der Waals surface area contributed by atoms with Crippen LogP contribution in [0.1, 0.15) is 88.8 Å². The van der Waals surface area contributed by atoms with E-state index in [9.17, 15) is 9.59 Å². The Labute approximate surface area is 313 Å². The van der Waals surface area contributed by atoms with Crippen molar-refractivity contribution in [1.29, 1.82) is 0 Å². The summed E-state index contributed by atoms with van der Waals surface area (Å²) in [6.45, 7) is 10.1. The standard InChI is InChI=1S/C40H48N2O4S4/c1-7-11-13-25(9-3)23-41-37(31-17-15-27(47-31)29-19-21-33(45-5)49-29)35-36(39(41)43)38(42(40(35)44)24-26(10-4)14-12-8-2)32-18-16-28(48-32)30-20-22-34(46-6)50-30/h15-22,25-26H,7-14,23-24H2,1-6H3. The molecule has 0 radical (unpaired) electrons. The van der Waals surface area contributed by atoms with Crippen LogP contribution in [0.2, 0.25) is 0 Å². The maximum absolute atomic E-state index is 15.0. The van der Waals surface area contributed by atoms with E-state index < -0.39 is 0 Å². The number of carbonyl (C=O) groups is 2. The Morgan fingerprint density at radius 3 is 1.24 bits per heavy atom. The van der Waals surface area contributed by atoms with E-state index >= 15 is 0 Å². The Balaban J connectivity index is 1.51. The fourth-order valence-corrected chi connectivity index (χ4v) is 10.9. The predicted octanol–water partition coefficient (Wildman–Crippen LogP) is 11.5. The van der Waals surface area contributed by atoms with Crippen LogP contribution in [0.3, 0.4) is 0 Å². The first-order chi connectivity index (χ1) is 24.3. The van der Waals surface area contributed by atoms with Crippen LogP contribution in [-0.4, -0.2) is 48.9 Å². The molecule has 4 aromatic rings. The molecule has 6 rings (SSSR count). The second kappa shape index (κ2) is 16.4. The summed E-state index contributed by atoms with van der Waals surface area (Å²) >= 11 is 6.51. The van der Waals surface area contributed by atoms with Gasteiger partial charge in [-0.05, 0) is 73.2 Å². The molecule has 0 spiro atoms. The summed E-state index contributed by atoms with van der Waals surface area (Å²) in [6.07, 6.45) is 8.57. The average Bonchev–Trinajstić information content (AvgIpc) is 3.98. The fraction of sp³-hybridized carbons (Fsp3) is 0.450. The Hall–Kier alpha value is -3.18. The van der Waals surface area contributed by atoms with Gasteiger partial charge in [-0.1, -0.05) is 88.9 Å². The second-order valence-corrected chi connectivity index (χ2v) is 17.3. The quantitative estimate of drug-likeness (QED) is 0.102. The molecule has 2 amide bonds. The largest absolute Gasteiger partial charge is 0.487 e. The molecule has 0 aliphatic carbocycles. The summed E-state index contributed by atoms with van der Waals surface area (Å²) in [4.78, 5) is 40.2. The number of methoxy groups -OCH3 is 2. The summed E-state index contributed by atoms with van der Waals surface area (Å²) in [5.74, 6) is 0.617. The highest BCUT2D eigenvalue weighted by molar-refractivity contribution is 7.24. The van der Waals surface area contributed by atoms with E-state index in [4.69, 9.17) is 9.47 Å². The molecule has 0 aromatic carbocycles. The molecule has 0 bridgehead atoms. The highest BCUT2D eigenvalue weighted by atomic mass is 32.1. The minimum Gasteiger partial charge on any atom is -0.487 e. The highest BCUT2D eigenvalue weighted by Gasteiger charge is 2.50. The molecule has 0 saturated heterocycles. The van der Waals surface area contributed by atoms with Crippen LogP contribution in [0.15, 0.2) is 59.7 Å². The molecule has 6 nitrogen and oxygen atoms in total. The monoisotopic (exact) mass is 748 g/mol. The van der Waals surface area contributed by atoms with Crippen LogP contribution in [0.5, 0.6) is 10.1 Å². The Morgan fingerprint density at radius 2 is 0.900 bits per heavy atom. The normalized spacial score (nSPS) is 15.9. The number of hydrogen-bond acceptors (Lipinski definition) is 8. The van der Waals surface area contributed by atoms with E-state index in [-0.39, 0.29) is 11.8 Å². The Kier molecular flexibility index (Phi) is 12.0. The van der Waals surface area contributed by atoms with Gasteiger partial charge in [-0.2, -0.15) is 0 Å². The van der Waals surface area contributed by atoms with E-state index in [1.807, 2.05) is 21.9 Å². The first kappa shape index (κ1) is 36.6. The van der Waals surface area contributed by atoms with E-state index in [1.54, 1.807) is 59.6 Å². The molecule has 6 heterocycles. The van der Waals surface area contributed by atoms with Crippen LogP contribution >= 0.6 is 45.3 Å². The van der Waals surface area contributed by atoms with Crippen molar-refractivity contribution in [2.24, 2.45) is 11.8 Å². The molecule has 0 N–H and O–H groups in total.